The molecule has 0 aromatic rings. The van der Waals surface area contributed by atoms with E-state index in [0.717, 1.165) is 24.3 Å². The van der Waals surface area contributed by atoms with Crippen LogP contribution in [0.2, 0.25) is 0 Å². The van der Waals surface area contributed by atoms with Crippen molar-refractivity contribution in [1.82, 2.24) is 4.90 Å². The monoisotopic (exact) mass is 274 g/mol. The molecule has 0 radical (unpaired) electrons. The molecule has 0 aliphatic carbocycles. The molecular formula is C12H22N2O3S. The number of carboxylic acid groups (broad SMARTS) is 1. The predicted molar refractivity (Wildman–Crippen MR) is 72.5 cm³/mol. The molecule has 1 aliphatic heterocycles. The van der Waals surface area contributed by atoms with Crippen LogP contribution in [0.3, 0.4) is 0 Å². The first-order valence-corrected chi connectivity index (χ1v) is 7.51. The average molecular weight is 274 g/mol. The fourth-order valence-corrected chi connectivity index (χ4v) is 3.21. The number of nitrogens with two attached hydrogens (primary N) is 1. The molecule has 0 spiro atoms. The summed E-state index contributed by atoms with van der Waals surface area (Å²) in [6.07, 6.45) is 1.65. The Hall–Kier alpha value is -0.750. The van der Waals surface area contributed by atoms with Crippen LogP contribution in [-0.4, -0.2) is 52.5 Å². The van der Waals surface area contributed by atoms with Crippen molar-refractivity contribution >= 4 is 23.6 Å². The van der Waals surface area contributed by atoms with Gasteiger partial charge in [0.1, 0.15) is 0 Å². The van der Waals surface area contributed by atoms with E-state index in [-0.39, 0.29) is 24.3 Å². The van der Waals surface area contributed by atoms with E-state index in [9.17, 15) is 9.59 Å². The third kappa shape index (κ3) is 4.49. The quantitative estimate of drug-likeness (QED) is 0.748. The highest BCUT2D eigenvalue weighted by atomic mass is 32.2. The third-order valence-corrected chi connectivity index (χ3v) is 4.28. The zero-order valence-corrected chi connectivity index (χ0v) is 11.6. The maximum atomic E-state index is 12.3. The molecule has 1 saturated heterocycles. The summed E-state index contributed by atoms with van der Waals surface area (Å²) in [4.78, 5) is 24.8. The molecule has 104 valence electrons. The van der Waals surface area contributed by atoms with Crippen LogP contribution < -0.4 is 5.73 Å². The highest BCUT2D eigenvalue weighted by Crippen LogP contribution is 2.22. The summed E-state index contributed by atoms with van der Waals surface area (Å²) in [7, 11) is 0. The summed E-state index contributed by atoms with van der Waals surface area (Å²) >= 11 is 1.72. The van der Waals surface area contributed by atoms with E-state index in [4.69, 9.17) is 10.8 Å². The fourth-order valence-electron chi connectivity index (χ4n) is 2.15. The highest BCUT2D eigenvalue weighted by molar-refractivity contribution is 7.99. The van der Waals surface area contributed by atoms with Gasteiger partial charge in [0.2, 0.25) is 5.91 Å². The van der Waals surface area contributed by atoms with Crippen LogP contribution in [-0.2, 0) is 9.59 Å². The van der Waals surface area contributed by atoms with E-state index in [1.54, 1.807) is 16.7 Å². The molecule has 1 aliphatic rings. The van der Waals surface area contributed by atoms with E-state index in [2.05, 4.69) is 0 Å². The van der Waals surface area contributed by atoms with E-state index in [1.807, 2.05) is 6.92 Å². The molecule has 0 bridgehead atoms. The normalized spacial score (nSPS) is 21.7. The van der Waals surface area contributed by atoms with Gasteiger partial charge < -0.3 is 15.7 Å². The van der Waals surface area contributed by atoms with Gasteiger partial charge in [0.15, 0.2) is 0 Å². The fraction of sp³-hybridized carbons (Fsp3) is 0.833. The van der Waals surface area contributed by atoms with Crippen molar-refractivity contribution in [2.75, 3.05) is 24.6 Å². The van der Waals surface area contributed by atoms with Crippen molar-refractivity contribution in [1.29, 1.82) is 0 Å². The van der Waals surface area contributed by atoms with Crippen LogP contribution in [0.25, 0.3) is 0 Å². The Kier molecular flexibility index (Phi) is 6.49. The number of carbonyl (C=O) groups excluding carboxylic acids is 1. The molecule has 5 nitrogen and oxygen atoms in total. The summed E-state index contributed by atoms with van der Waals surface area (Å²) in [5, 5.41) is 8.88. The Bertz CT molecular complexity index is 299. The van der Waals surface area contributed by atoms with Gasteiger partial charge in [0.25, 0.3) is 0 Å². The molecule has 2 unspecified atom stereocenters. The SMILES string of the molecule is CC(CCCN)C(=O)N1CCSCC1CC(=O)O. The number of hydrogen-bond donors (Lipinski definition) is 2. The van der Waals surface area contributed by atoms with Crippen LogP contribution in [0.4, 0.5) is 0 Å². The van der Waals surface area contributed by atoms with E-state index >= 15 is 0 Å². The Morgan fingerprint density at radius 1 is 1.56 bits per heavy atom. The second-order valence-corrected chi connectivity index (χ2v) is 5.84. The van der Waals surface area contributed by atoms with Gasteiger partial charge in [0, 0.05) is 24.0 Å². The van der Waals surface area contributed by atoms with Gasteiger partial charge in [-0.05, 0) is 19.4 Å². The van der Waals surface area contributed by atoms with Gasteiger partial charge in [-0.3, -0.25) is 9.59 Å². The second-order valence-electron chi connectivity index (χ2n) is 4.69. The van der Waals surface area contributed by atoms with Crippen molar-refractivity contribution in [3.05, 3.63) is 0 Å². The van der Waals surface area contributed by atoms with Crippen molar-refractivity contribution in [2.45, 2.75) is 32.2 Å². The molecule has 1 fully saturated rings. The van der Waals surface area contributed by atoms with Gasteiger partial charge in [-0.15, -0.1) is 0 Å². The van der Waals surface area contributed by atoms with Crippen molar-refractivity contribution in [2.24, 2.45) is 11.7 Å². The van der Waals surface area contributed by atoms with Crippen LogP contribution >= 0.6 is 11.8 Å². The minimum atomic E-state index is -0.838. The lowest BCUT2D eigenvalue weighted by molar-refractivity contribution is -0.142. The van der Waals surface area contributed by atoms with Gasteiger partial charge >= 0.3 is 5.97 Å². The van der Waals surface area contributed by atoms with E-state index in [0.29, 0.717) is 13.1 Å². The van der Waals surface area contributed by atoms with E-state index in [1.165, 1.54) is 0 Å². The van der Waals surface area contributed by atoms with Crippen LogP contribution in [0.15, 0.2) is 0 Å². The smallest absolute Gasteiger partial charge is 0.305 e. The summed E-state index contributed by atoms with van der Waals surface area (Å²) in [5.74, 6) is 0.797. The van der Waals surface area contributed by atoms with Gasteiger partial charge in [0.05, 0.1) is 12.5 Å². The lowest BCUT2D eigenvalue weighted by Gasteiger charge is -2.36. The first-order valence-electron chi connectivity index (χ1n) is 6.36. The highest BCUT2D eigenvalue weighted by Gasteiger charge is 2.30. The Balaban J connectivity index is 2.58. The maximum Gasteiger partial charge on any atom is 0.305 e. The van der Waals surface area contributed by atoms with Crippen molar-refractivity contribution < 1.29 is 14.7 Å². The second kappa shape index (κ2) is 7.63. The number of rotatable bonds is 6. The molecule has 0 saturated carbocycles. The Morgan fingerprint density at radius 3 is 2.89 bits per heavy atom. The first-order chi connectivity index (χ1) is 8.56. The number of nitrogens with zero attached hydrogens (tertiary/aromatic N) is 1. The molecule has 6 heteroatoms. The molecule has 0 aromatic carbocycles. The standard InChI is InChI=1S/C12H22N2O3S/c1-9(3-2-4-13)12(17)14-5-6-18-8-10(14)7-11(15)16/h9-10H,2-8,13H2,1H3,(H,15,16). The minimum absolute atomic E-state index is 0.0440. The molecule has 3 N–H and O–H groups in total. The predicted octanol–water partition coefficient (Wildman–Crippen LogP) is 0.780. The van der Waals surface area contributed by atoms with E-state index < -0.39 is 5.97 Å². The molecule has 18 heavy (non-hydrogen) atoms. The molecule has 2 atom stereocenters. The third-order valence-electron chi connectivity index (χ3n) is 3.18. The van der Waals surface area contributed by atoms with Crippen molar-refractivity contribution in [3.63, 3.8) is 0 Å². The lowest BCUT2D eigenvalue weighted by atomic mass is 10.0. The number of thioether (sulfide) groups is 1. The lowest BCUT2D eigenvalue weighted by Crippen LogP contribution is -2.49. The molecule has 1 rings (SSSR count). The number of carboxylic acids is 1. The summed E-state index contributed by atoms with van der Waals surface area (Å²) < 4.78 is 0. The van der Waals surface area contributed by atoms with Crippen LogP contribution in [0.5, 0.6) is 0 Å². The molecule has 1 heterocycles. The Labute approximate surface area is 112 Å². The summed E-state index contributed by atoms with van der Waals surface area (Å²) in [6, 6.07) is -0.158. The summed E-state index contributed by atoms with van der Waals surface area (Å²) in [6.45, 7) is 3.15. The summed E-state index contributed by atoms with van der Waals surface area (Å²) in [5.41, 5.74) is 5.44. The number of aliphatic carboxylic acids is 1. The number of amides is 1. The average Bonchev–Trinajstić information content (AvgIpc) is 2.35. The van der Waals surface area contributed by atoms with Gasteiger partial charge in [-0.2, -0.15) is 11.8 Å². The molecule has 0 aromatic heterocycles. The number of carbonyl (C=O) groups is 2. The van der Waals surface area contributed by atoms with Crippen LogP contribution in [0.1, 0.15) is 26.2 Å². The molecular weight excluding hydrogens is 252 g/mol. The molecule has 1 amide bonds. The largest absolute Gasteiger partial charge is 0.481 e. The maximum absolute atomic E-state index is 12.3. The first kappa shape index (κ1) is 15.3. The minimum Gasteiger partial charge on any atom is -0.481 e. The topological polar surface area (TPSA) is 83.6 Å². The van der Waals surface area contributed by atoms with Crippen molar-refractivity contribution in [3.8, 4) is 0 Å². The van der Waals surface area contributed by atoms with Gasteiger partial charge in [-0.25, -0.2) is 0 Å². The van der Waals surface area contributed by atoms with Crippen LogP contribution in [0, 0.1) is 5.92 Å². The van der Waals surface area contributed by atoms with Gasteiger partial charge in [-0.1, -0.05) is 6.92 Å². The zero-order chi connectivity index (χ0) is 13.5. The number of hydrogen-bond acceptors (Lipinski definition) is 4. The Morgan fingerprint density at radius 2 is 2.28 bits per heavy atom. The zero-order valence-electron chi connectivity index (χ0n) is 10.8.